The molecule has 0 N–H and O–H groups in total. The van der Waals surface area contributed by atoms with Crippen LogP contribution in [0.2, 0.25) is 0 Å². The summed E-state index contributed by atoms with van der Waals surface area (Å²) in [6.45, 7) is 5.31. The van der Waals surface area contributed by atoms with Gasteiger partial charge >= 0.3 is 5.97 Å². The Kier molecular flexibility index (Phi) is 2.74. The number of hydrogen-bond acceptors (Lipinski definition) is 3. The molecule has 3 nitrogen and oxygen atoms in total. The van der Waals surface area contributed by atoms with Crippen LogP contribution in [0, 0.1) is 5.92 Å². The molecular weight excluding hydrogens is 156 g/mol. The summed E-state index contributed by atoms with van der Waals surface area (Å²) in [5.41, 5.74) is 0. The first kappa shape index (κ1) is 9.10. The van der Waals surface area contributed by atoms with Gasteiger partial charge in [0.25, 0.3) is 0 Å². The van der Waals surface area contributed by atoms with Crippen molar-refractivity contribution < 1.29 is 14.3 Å². The van der Waals surface area contributed by atoms with Crippen LogP contribution < -0.4 is 0 Å². The van der Waals surface area contributed by atoms with Crippen LogP contribution in [0.3, 0.4) is 0 Å². The molecule has 1 rings (SSSR count). The molecule has 0 spiro atoms. The van der Waals surface area contributed by atoms with Gasteiger partial charge in [-0.2, -0.15) is 0 Å². The van der Waals surface area contributed by atoms with Crippen LogP contribution in [0.25, 0.3) is 0 Å². The molecule has 3 heteroatoms. The third kappa shape index (κ3) is 2.00. The SMILES string of the molecule is CC(=O)O[C@@H]1C(C)C=COC1C. The zero-order valence-corrected chi connectivity index (χ0v) is 7.61. The first-order valence-corrected chi connectivity index (χ1v) is 4.10. The third-order valence-electron chi connectivity index (χ3n) is 1.96. The van der Waals surface area contributed by atoms with Gasteiger partial charge in [0, 0.05) is 12.8 Å². The summed E-state index contributed by atoms with van der Waals surface area (Å²) in [4.78, 5) is 10.7. The second-order valence-electron chi connectivity index (χ2n) is 3.10. The zero-order valence-electron chi connectivity index (χ0n) is 7.61. The van der Waals surface area contributed by atoms with E-state index in [2.05, 4.69) is 0 Å². The molecule has 0 saturated heterocycles. The summed E-state index contributed by atoms with van der Waals surface area (Å²) in [5.74, 6) is -0.0183. The summed E-state index contributed by atoms with van der Waals surface area (Å²) in [5, 5.41) is 0. The second kappa shape index (κ2) is 3.61. The van der Waals surface area contributed by atoms with E-state index < -0.39 is 0 Å². The molecule has 0 aliphatic carbocycles. The van der Waals surface area contributed by atoms with Gasteiger partial charge in [-0.05, 0) is 13.0 Å². The lowest BCUT2D eigenvalue weighted by Gasteiger charge is -2.29. The molecule has 0 saturated carbocycles. The van der Waals surface area contributed by atoms with Crippen molar-refractivity contribution in [2.45, 2.75) is 33.0 Å². The number of esters is 1. The molecule has 0 aromatic rings. The Labute approximate surface area is 72.4 Å². The van der Waals surface area contributed by atoms with Crippen LogP contribution in [-0.4, -0.2) is 18.2 Å². The van der Waals surface area contributed by atoms with Crippen molar-refractivity contribution in [3.05, 3.63) is 12.3 Å². The molecule has 0 aromatic carbocycles. The maximum Gasteiger partial charge on any atom is 0.303 e. The Hall–Kier alpha value is -0.990. The number of carbonyl (C=O) groups is 1. The predicted octanol–water partition coefficient (Wildman–Crippen LogP) is 1.49. The number of carbonyl (C=O) groups excluding carboxylic acids is 1. The third-order valence-corrected chi connectivity index (χ3v) is 1.96. The van der Waals surface area contributed by atoms with Gasteiger partial charge in [0.15, 0.2) is 0 Å². The van der Waals surface area contributed by atoms with Crippen molar-refractivity contribution in [1.82, 2.24) is 0 Å². The summed E-state index contributed by atoms with van der Waals surface area (Å²) in [6.07, 6.45) is 3.37. The van der Waals surface area contributed by atoms with E-state index in [4.69, 9.17) is 9.47 Å². The maximum absolute atomic E-state index is 10.7. The van der Waals surface area contributed by atoms with Crippen molar-refractivity contribution in [1.29, 1.82) is 0 Å². The van der Waals surface area contributed by atoms with Crippen molar-refractivity contribution in [3.8, 4) is 0 Å². The largest absolute Gasteiger partial charge is 0.495 e. The van der Waals surface area contributed by atoms with Crippen molar-refractivity contribution in [3.63, 3.8) is 0 Å². The van der Waals surface area contributed by atoms with E-state index in [0.29, 0.717) is 0 Å². The second-order valence-corrected chi connectivity index (χ2v) is 3.10. The fourth-order valence-electron chi connectivity index (χ4n) is 1.30. The van der Waals surface area contributed by atoms with Crippen LogP contribution in [-0.2, 0) is 14.3 Å². The minimum atomic E-state index is -0.252. The van der Waals surface area contributed by atoms with Crippen molar-refractivity contribution in [2.75, 3.05) is 0 Å². The molecule has 1 aliphatic rings. The van der Waals surface area contributed by atoms with Crippen molar-refractivity contribution >= 4 is 5.97 Å². The fourth-order valence-corrected chi connectivity index (χ4v) is 1.30. The highest BCUT2D eigenvalue weighted by molar-refractivity contribution is 5.66. The fraction of sp³-hybridized carbons (Fsp3) is 0.667. The van der Waals surface area contributed by atoms with E-state index in [0.717, 1.165) is 0 Å². The lowest BCUT2D eigenvalue weighted by atomic mass is 9.99. The predicted molar refractivity (Wildman–Crippen MR) is 44.4 cm³/mol. The van der Waals surface area contributed by atoms with Gasteiger partial charge in [-0.15, -0.1) is 0 Å². The summed E-state index contributed by atoms with van der Waals surface area (Å²) in [7, 11) is 0. The van der Waals surface area contributed by atoms with E-state index in [9.17, 15) is 4.79 Å². The molecule has 1 heterocycles. The Bertz CT molecular complexity index is 198. The molecule has 68 valence electrons. The van der Waals surface area contributed by atoms with Gasteiger partial charge in [0.1, 0.15) is 12.2 Å². The maximum atomic E-state index is 10.7. The van der Waals surface area contributed by atoms with Gasteiger partial charge in [0.2, 0.25) is 0 Å². The average Bonchev–Trinajstić information content (AvgIpc) is 1.97. The molecule has 0 aromatic heterocycles. The molecule has 3 atom stereocenters. The molecule has 12 heavy (non-hydrogen) atoms. The smallest absolute Gasteiger partial charge is 0.303 e. The number of hydrogen-bond donors (Lipinski definition) is 0. The highest BCUT2D eigenvalue weighted by Gasteiger charge is 2.28. The normalized spacial score (nSPS) is 34.1. The van der Waals surface area contributed by atoms with Crippen LogP contribution >= 0.6 is 0 Å². The van der Waals surface area contributed by atoms with Gasteiger partial charge in [-0.1, -0.05) is 6.92 Å². The van der Waals surface area contributed by atoms with E-state index in [-0.39, 0.29) is 24.1 Å². The zero-order chi connectivity index (χ0) is 9.14. The first-order valence-electron chi connectivity index (χ1n) is 4.10. The highest BCUT2D eigenvalue weighted by Crippen LogP contribution is 2.20. The molecule has 0 fully saturated rings. The minimum Gasteiger partial charge on any atom is -0.495 e. The number of ether oxygens (including phenoxy) is 2. The van der Waals surface area contributed by atoms with Gasteiger partial charge in [-0.25, -0.2) is 0 Å². The van der Waals surface area contributed by atoms with E-state index in [1.54, 1.807) is 6.26 Å². The van der Waals surface area contributed by atoms with Gasteiger partial charge in [-0.3, -0.25) is 4.79 Å². The quantitative estimate of drug-likeness (QED) is 0.559. The Balaban J connectivity index is 2.60. The van der Waals surface area contributed by atoms with Crippen LogP contribution in [0.4, 0.5) is 0 Å². The molecule has 0 amide bonds. The summed E-state index contributed by atoms with van der Waals surface area (Å²) in [6, 6.07) is 0. The standard InChI is InChI=1S/C9H14O3/c1-6-4-5-11-7(2)9(6)12-8(3)10/h4-7,9H,1-3H3/t6?,7?,9-/m1/s1. The Morgan fingerprint density at radius 3 is 2.67 bits per heavy atom. The monoisotopic (exact) mass is 170 g/mol. The molecule has 0 bridgehead atoms. The minimum absolute atomic E-state index is 0.0473. The number of rotatable bonds is 1. The average molecular weight is 170 g/mol. The van der Waals surface area contributed by atoms with Crippen LogP contribution in [0.15, 0.2) is 12.3 Å². The summed E-state index contributed by atoms with van der Waals surface area (Å²) >= 11 is 0. The lowest BCUT2D eigenvalue weighted by Crippen LogP contribution is -2.36. The van der Waals surface area contributed by atoms with E-state index in [1.165, 1.54) is 6.92 Å². The first-order chi connectivity index (χ1) is 5.61. The highest BCUT2D eigenvalue weighted by atomic mass is 16.6. The molecular formula is C9H14O3. The molecule has 0 radical (unpaired) electrons. The topological polar surface area (TPSA) is 35.5 Å². The van der Waals surface area contributed by atoms with E-state index >= 15 is 0 Å². The molecule has 1 aliphatic heterocycles. The Morgan fingerprint density at radius 1 is 1.50 bits per heavy atom. The molecule has 2 unspecified atom stereocenters. The summed E-state index contributed by atoms with van der Waals surface area (Å²) < 4.78 is 10.3. The van der Waals surface area contributed by atoms with Crippen LogP contribution in [0.1, 0.15) is 20.8 Å². The van der Waals surface area contributed by atoms with Gasteiger partial charge < -0.3 is 9.47 Å². The van der Waals surface area contributed by atoms with E-state index in [1.807, 2.05) is 19.9 Å². The van der Waals surface area contributed by atoms with Crippen LogP contribution in [0.5, 0.6) is 0 Å². The Morgan fingerprint density at radius 2 is 2.17 bits per heavy atom. The lowest BCUT2D eigenvalue weighted by molar-refractivity contribution is -0.155. The van der Waals surface area contributed by atoms with Gasteiger partial charge in [0.05, 0.1) is 6.26 Å². The van der Waals surface area contributed by atoms with Crippen molar-refractivity contribution in [2.24, 2.45) is 5.92 Å².